The van der Waals surface area contributed by atoms with Gasteiger partial charge in [-0.05, 0) is 34.6 Å². The molecule has 0 radical (unpaired) electrons. The first-order valence-electron chi connectivity index (χ1n) is 7.78. The summed E-state index contributed by atoms with van der Waals surface area (Å²) in [6, 6.07) is 0. The summed E-state index contributed by atoms with van der Waals surface area (Å²) < 4.78 is 4.85. The van der Waals surface area contributed by atoms with Gasteiger partial charge in [-0.25, -0.2) is 4.79 Å². The summed E-state index contributed by atoms with van der Waals surface area (Å²) in [6.45, 7) is 9.49. The van der Waals surface area contributed by atoms with Crippen LogP contribution in [0.15, 0.2) is 0 Å². The maximum atomic E-state index is 11.8. The predicted molar refractivity (Wildman–Crippen MR) is 99.1 cm³/mol. The molecule has 0 aliphatic heterocycles. The minimum Gasteiger partial charge on any atom is -0.444 e. The van der Waals surface area contributed by atoms with E-state index in [0.717, 1.165) is 0 Å². The number of rotatable bonds is 10. The smallest absolute Gasteiger partial charge is 0.407 e. The number of aliphatic hydroxyl groups is 2. The summed E-state index contributed by atoms with van der Waals surface area (Å²) in [5.41, 5.74) is -0.509. The second kappa shape index (κ2) is 11.1. The average molecular weight is 383 g/mol. The van der Waals surface area contributed by atoms with E-state index in [4.69, 9.17) is 9.84 Å². The van der Waals surface area contributed by atoms with Crippen molar-refractivity contribution in [2.75, 3.05) is 25.4 Å². The van der Waals surface area contributed by atoms with Crippen LogP contribution in [0.4, 0.5) is 4.79 Å². The number of alkyl carbamates (subject to hydrolysis) is 1. The van der Waals surface area contributed by atoms with Crippen LogP contribution in [0.25, 0.3) is 0 Å². The van der Waals surface area contributed by atoms with Crippen molar-refractivity contribution in [3.05, 3.63) is 0 Å². The Balaban J connectivity index is 3.88. The number of nitrogens with one attached hydrogen (secondary N) is 2. The Bertz CT molecular complexity index is 400. The van der Waals surface area contributed by atoms with Crippen LogP contribution < -0.4 is 10.6 Å². The monoisotopic (exact) mass is 382 g/mol. The maximum absolute atomic E-state index is 11.8. The molecule has 0 rings (SSSR count). The van der Waals surface area contributed by atoms with Crippen LogP contribution in [0.1, 0.15) is 41.0 Å². The molecule has 0 spiro atoms. The molecule has 0 aliphatic rings. The van der Waals surface area contributed by atoms with E-state index in [1.165, 1.54) is 0 Å². The van der Waals surface area contributed by atoms with E-state index < -0.39 is 17.8 Å². The standard InChI is InChI=1S/C15H30N2O5S2/c1-14(2,3)22-13(21)16-6-7-23-24-15(4,5)8-12(20)17-9-11(19)10-18/h11,18-19H,6-10H2,1-5H3,(H,16,21)(H,17,20)/t11-/m1/s1. The largest absolute Gasteiger partial charge is 0.444 e. The van der Waals surface area contributed by atoms with E-state index in [0.29, 0.717) is 18.7 Å². The molecular weight excluding hydrogens is 352 g/mol. The van der Waals surface area contributed by atoms with Crippen molar-refractivity contribution in [2.24, 2.45) is 0 Å². The molecule has 0 saturated heterocycles. The fraction of sp³-hybridized carbons (Fsp3) is 0.867. The first-order chi connectivity index (χ1) is 10.9. The summed E-state index contributed by atoms with van der Waals surface area (Å²) in [5, 5.41) is 23.2. The molecule has 0 aromatic carbocycles. The first-order valence-corrected chi connectivity index (χ1v) is 10.1. The Hall–Kier alpha value is -0.640. The molecule has 142 valence electrons. The Morgan fingerprint density at radius 1 is 1.17 bits per heavy atom. The van der Waals surface area contributed by atoms with Crippen LogP contribution in [-0.2, 0) is 9.53 Å². The summed E-state index contributed by atoms with van der Waals surface area (Å²) in [5.74, 6) is 0.519. The second-order valence-corrected chi connectivity index (χ2v) is 10.0. The zero-order valence-corrected chi connectivity index (χ0v) is 16.7. The molecule has 0 bridgehead atoms. The van der Waals surface area contributed by atoms with Gasteiger partial charge in [0.05, 0.1) is 12.7 Å². The Morgan fingerprint density at radius 2 is 1.79 bits per heavy atom. The highest BCUT2D eigenvalue weighted by Gasteiger charge is 2.23. The lowest BCUT2D eigenvalue weighted by Crippen LogP contribution is -2.36. The van der Waals surface area contributed by atoms with E-state index in [2.05, 4.69) is 10.6 Å². The first kappa shape index (κ1) is 23.4. The quantitative estimate of drug-likeness (QED) is 0.335. The molecule has 0 aromatic heterocycles. The fourth-order valence-electron chi connectivity index (χ4n) is 1.48. The van der Waals surface area contributed by atoms with Gasteiger partial charge in [0.15, 0.2) is 0 Å². The molecule has 9 heteroatoms. The number of carbonyl (C=O) groups excluding carboxylic acids is 2. The lowest BCUT2D eigenvalue weighted by molar-refractivity contribution is -0.122. The number of hydrogen-bond donors (Lipinski definition) is 4. The summed E-state index contributed by atoms with van der Waals surface area (Å²) >= 11 is 0. The molecule has 0 aliphatic carbocycles. The highest BCUT2D eigenvalue weighted by atomic mass is 33.1. The average Bonchev–Trinajstić information content (AvgIpc) is 2.41. The van der Waals surface area contributed by atoms with Gasteiger partial charge in [0, 0.05) is 30.0 Å². The molecule has 0 unspecified atom stereocenters. The van der Waals surface area contributed by atoms with Crippen molar-refractivity contribution in [1.82, 2.24) is 10.6 Å². The SMILES string of the molecule is CC(C)(C)OC(=O)NCCSSC(C)(C)CC(=O)NC[C@@H](O)CO. The van der Waals surface area contributed by atoms with Gasteiger partial charge in [0.2, 0.25) is 5.91 Å². The van der Waals surface area contributed by atoms with Gasteiger partial charge < -0.3 is 25.6 Å². The molecule has 7 nitrogen and oxygen atoms in total. The molecule has 0 heterocycles. The van der Waals surface area contributed by atoms with Crippen LogP contribution in [0, 0.1) is 0 Å². The molecule has 2 amide bonds. The lowest BCUT2D eigenvalue weighted by atomic mass is 10.1. The van der Waals surface area contributed by atoms with Crippen LogP contribution >= 0.6 is 21.6 Å². The zero-order valence-electron chi connectivity index (χ0n) is 15.0. The van der Waals surface area contributed by atoms with Crippen LogP contribution in [-0.4, -0.2) is 64.1 Å². The van der Waals surface area contributed by atoms with Crippen LogP contribution in [0.5, 0.6) is 0 Å². The number of aliphatic hydroxyl groups excluding tert-OH is 2. The fourth-order valence-corrected chi connectivity index (χ4v) is 3.90. The summed E-state index contributed by atoms with van der Waals surface area (Å²) in [7, 11) is 3.13. The van der Waals surface area contributed by atoms with Gasteiger partial charge in [-0.1, -0.05) is 21.6 Å². The third-order valence-electron chi connectivity index (χ3n) is 2.47. The van der Waals surface area contributed by atoms with Crippen molar-refractivity contribution >= 4 is 33.6 Å². The summed E-state index contributed by atoms with van der Waals surface area (Å²) in [6.07, 6.45) is -1.07. The van der Waals surface area contributed by atoms with Crippen molar-refractivity contribution in [3.63, 3.8) is 0 Å². The Labute approximate surface area is 152 Å². The molecule has 0 saturated carbocycles. The van der Waals surface area contributed by atoms with Crippen LogP contribution in [0.3, 0.4) is 0 Å². The Kier molecular flexibility index (Phi) is 10.8. The van der Waals surface area contributed by atoms with Gasteiger partial charge in [-0.3, -0.25) is 4.79 Å². The minimum absolute atomic E-state index is 0.0447. The van der Waals surface area contributed by atoms with E-state index in [1.807, 2.05) is 34.6 Å². The van der Waals surface area contributed by atoms with Gasteiger partial charge in [-0.2, -0.15) is 0 Å². The number of amides is 2. The number of carbonyl (C=O) groups is 2. The van der Waals surface area contributed by atoms with Crippen molar-refractivity contribution in [3.8, 4) is 0 Å². The van der Waals surface area contributed by atoms with E-state index in [1.54, 1.807) is 21.6 Å². The van der Waals surface area contributed by atoms with Gasteiger partial charge in [-0.15, -0.1) is 0 Å². The van der Waals surface area contributed by atoms with Crippen molar-refractivity contribution in [1.29, 1.82) is 0 Å². The summed E-state index contributed by atoms with van der Waals surface area (Å²) in [4.78, 5) is 23.3. The molecule has 1 atom stereocenters. The minimum atomic E-state index is -0.932. The predicted octanol–water partition coefficient (Wildman–Crippen LogP) is 1.53. The van der Waals surface area contributed by atoms with Crippen molar-refractivity contribution in [2.45, 2.75) is 57.5 Å². The van der Waals surface area contributed by atoms with Gasteiger partial charge in [0.25, 0.3) is 0 Å². The molecule has 0 fully saturated rings. The van der Waals surface area contributed by atoms with Gasteiger partial charge >= 0.3 is 6.09 Å². The third kappa shape index (κ3) is 13.8. The molecule has 4 N–H and O–H groups in total. The maximum Gasteiger partial charge on any atom is 0.407 e. The number of ether oxygens (including phenoxy) is 1. The normalized spacial score (nSPS) is 13.3. The lowest BCUT2D eigenvalue weighted by Gasteiger charge is -2.23. The second-order valence-electron chi connectivity index (χ2n) is 6.91. The Morgan fingerprint density at radius 3 is 2.33 bits per heavy atom. The molecule has 0 aromatic rings. The highest BCUT2D eigenvalue weighted by molar-refractivity contribution is 8.77. The zero-order chi connectivity index (χ0) is 18.8. The number of hydrogen-bond acceptors (Lipinski definition) is 7. The molecule has 24 heavy (non-hydrogen) atoms. The van der Waals surface area contributed by atoms with Gasteiger partial charge in [0.1, 0.15) is 5.60 Å². The van der Waals surface area contributed by atoms with E-state index in [-0.39, 0.29) is 23.8 Å². The highest BCUT2D eigenvalue weighted by Crippen LogP contribution is 2.37. The molecular formula is C15H30N2O5S2. The van der Waals surface area contributed by atoms with Crippen molar-refractivity contribution < 1.29 is 24.5 Å². The topological polar surface area (TPSA) is 108 Å². The van der Waals surface area contributed by atoms with E-state index >= 15 is 0 Å². The van der Waals surface area contributed by atoms with E-state index in [9.17, 15) is 14.7 Å². The third-order valence-corrected chi connectivity index (χ3v) is 5.76. The van der Waals surface area contributed by atoms with Crippen LogP contribution in [0.2, 0.25) is 0 Å².